The predicted octanol–water partition coefficient (Wildman–Crippen LogP) is 3.52. The van der Waals surface area contributed by atoms with E-state index in [1.165, 1.54) is 0 Å². The first kappa shape index (κ1) is 16.6. The van der Waals surface area contributed by atoms with E-state index in [9.17, 15) is 0 Å². The molecule has 0 aliphatic heterocycles. The third kappa shape index (κ3) is 12.6. The molecule has 0 aliphatic rings. The molecule has 0 rings (SSSR count). The van der Waals surface area contributed by atoms with Crippen LogP contribution in [0.4, 0.5) is 0 Å². The van der Waals surface area contributed by atoms with Gasteiger partial charge in [0.25, 0.3) is 0 Å². The van der Waals surface area contributed by atoms with Gasteiger partial charge in [-0.05, 0) is 18.4 Å². The number of allylic oxidation sites excluding steroid dienone is 4. The van der Waals surface area contributed by atoms with Crippen molar-refractivity contribution in [1.82, 2.24) is 0 Å². The molecule has 0 aromatic carbocycles. The molecule has 1 nitrogen and oxygen atoms in total. The Kier molecular flexibility index (Phi) is 11.1. The van der Waals surface area contributed by atoms with Gasteiger partial charge in [0.1, 0.15) is 0 Å². The molecule has 98 valence electrons. The Balaban J connectivity index is 3.61. The van der Waals surface area contributed by atoms with Crippen molar-refractivity contribution in [3.05, 3.63) is 31.2 Å². The fraction of sp³-hybridized carbons (Fsp3) is 0.471. The lowest BCUT2D eigenvalue weighted by atomic mass is 10.1. The average Bonchev–Trinajstić information content (AvgIpc) is 2.31. The molecule has 0 heterocycles. The first-order valence-corrected chi connectivity index (χ1v) is 6.43. The third-order valence-corrected chi connectivity index (χ3v) is 2.36. The predicted molar refractivity (Wildman–Crippen MR) is 78.5 cm³/mol. The molecule has 2 unspecified atom stereocenters. The zero-order valence-electron chi connectivity index (χ0n) is 11.2. The van der Waals surface area contributed by atoms with Crippen LogP contribution in [0.2, 0.25) is 0 Å². The highest BCUT2D eigenvalue weighted by Gasteiger charge is 1.90. The van der Waals surface area contributed by atoms with E-state index in [2.05, 4.69) is 37.7 Å². The molecule has 18 heavy (non-hydrogen) atoms. The standard InChI is InChI=1S/C17H23O/c1-4-13-16(2)14-11-9-7-5-6-8-10-12-15-17(3)18/h1,7,9,11,14,16-18H,3,8,10,12-13,15H2,2H3/q-1/b9-7+,14-11+. The zero-order valence-corrected chi connectivity index (χ0v) is 11.2. The van der Waals surface area contributed by atoms with Gasteiger partial charge in [-0.3, -0.25) is 0 Å². The van der Waals surface area contributed by atoms with Crippen molar-refractivity contribution in [2.45, 2.75) is 45.1 Å². The highest BCUT2D eigenvalue weighted by Crippen LogP contribution is 2.02. The highest BCUT2D eigenvalue weighted by atomic mass is 16.3. The summed E-state index contributed by atoms with van der Waals surface area (Å²) in [7, 11) is 0. The molecule has 0 radical (unpaired) electrons. The minimum atomic E-state index is -0.437. The van der Waals surface area contributed by atoms with E-state index in [4.69, 9.17) is 11.5 Å². The van der Waals surface area contributed by atoms with Crippen LogP contribution in [0.3, 0.4) is 0 Å². The normalized spacial score (nSPS) is 14.1. The van der Waals surface area contributed by atoms with Crippen LogP contribution in [0.1, 0.15) is 39.0 Å². The van der Waals surface area contributed by atoms with Crippen molar-refractivity contribution in [2.24, 2.45) is 5.92 Å². The third-order valence-electron chi connectivity index (χ3n) is 2.36. The Labute approximate surface area is 112 Å². The Morgan fingerprint density at radius 1 is 1.33 bits per heavy atom. The Morgan fingerprint density at radius 3 is 2.78 bits per heavy atom. The molecule has 0 aliphatic carbocycles. The maximum absolute atomic E-state index is 8.96. The van der Waals surface area contributed by atoms with Gasteiger partial charge in [0.05, 0.1) is 0 Å². The van der Waals surface area contributed by atoms with Crippen molar-refractivity contribution in [1.29, 1.82) is 0 Å². The van der Waals surface area contributed by atoms with Crippen LogP contribution in [0.5, 0.6) is 0 Å². The number of aliphatic hydroxyl groups excluding tert-OH is 1. The fourth-order valence-corrected chi connectivity index (χ4v) is 1.34. The van der Waals surface area contributed by atoms with E-state index in [0.29, 0.717) is 5.92 Å². The first-order chi connectivity index (χ1) is 8.66. The molecule has 0 spiro atoms. The van der Waals surface area contributed by atoms with Gasteiger partial charge in [-0.2, -0.15) is 0 Å². The summed E-state index contributed by atoms with van der Waals surface area (Å²) in [6.07, 6.45) is 17.0. The quantitative estimate of drug-likeness (QED) is 0.314. The summed E-state index contributed by atoms with van der Waals surface area (Å²) >= 11 is 0. The first-order valence-electron chi connectivity index (χ1n) is 6.43. The summed E-state index contributed by atoms with van der Waals surface area (Å²) in [5, 5.41) is 8.96. The fourth-order valence-electron chi connectivity index (χ4n) is 1.34. The van der Waals surface area contributed by atoms with Gasteiger partial charge in [0, 0.05) is 12.8 Å². The maximum Gasteiger partial charge on any atom is 0.0146 e. The maximum atomic E-state index is 8.96. The van der Waals surface area contributed by atoms with Gasteiger partial charge >= 0.3 is 0 Å². The molecule has 0 bridgehead atoms. The van der Waals surface area contributed by atoms with Gasteiger partial charge in [-0.15, -0.1) is 12.3 Å². The SMILES string of the molecule is C#CCC(C)/C=C/C=C/C#CCCCCC([CH2-])O. The van der Waals surface area contributed by atoms with E-state index in [-0.39, 0.29) is 0 Å². The van der Waals surface area contributed by atoms with E-state index in [1.54, 1.807) is 0 Å². The lowest BCUT2D eigenvalue weighted by molar-refractivity contribution is 0.206. The van der Waals surface area contributed by atoms with Crippen LogP contribution in [0, 0.1) is 37.0 Å². The lowest BCUT2D eigenvalue weighted by Gasteiger charge is -2.07. The van der Waals surface area contributed by atoms with Crippen LogP contribution in [-0.4, -0.2) is 11.2 Å². The second-order valence-electron chi connectivity index (χ2n) is 4.35. The molecule has 0 fully saturated rings. The van der Waals surface area contributed by atoms with Crippen LogP contribution >= 0.6 is 0 Å². The molecule has 1 N–H and O–H groups in total. The minimum Gasteiger partial charge on any atom is -0.425 e. The van der Waals surface area contributed by atoms with E-state index < -0.39 is 6.10 Å². The Hall–Kier alpha value is -1.44. The van der Waals surface area contributed by atoms with Crippen LogP contribution in [0.25, 0.3) is 0 Å². The van der Waals surface area contributed by atoms with Gasteiger partial charge < -0.3 is 12.0 Å². The van der Waals surface area contributed by atoms with Gasteiger partial charge in [-0.25, -0.2) is 0 Å². The summed E-state index contributed by atoms with van der Waals surface area (Å²) in [5.74, 6) is 9.10. The number of hydrogen-bond donors (Lipinski definition) is 1. The molecule has 0 amide bonds. The number of terminal acetylenes is 1. The van der Waals surface area contributed by atoms with Crippen molar-refractivity contribution in [2.75, 3.05) is 0 Å². The monoisotopic (exact) mass is 243 g/mol. The zero-order chi connectivity index (χ0) is 13.6. The average molecular weight is 243 g/mol. The summed E-state index contributed by atoms with van der Waals surface area (Å²) in [5.41, 5.74) is 0. The Morgan fingerprint density at radius 2 is 2.11 bits per heavy atom. The van der Waals surface area contributed by atoms with E-state index >= 15 is 0 Å². The van der Waals surface area contributed by atoms with Crippen LogP contribution in [-0.2, 0) is 0 Å². The lowest BCUT2D eigenvalue weighted by Crippen LogP contribution is -1.98. The molecule has 0 saturated heterocycles. The van der Waals surface area contributed by atoms with Crippen molar-refractivity contribution >= 4 is 0 Å². The van der Waals surface area contributed by atoms with Crippen molar-refractivity contribution in [3.63, 3.8) is 0 Å². The van der Waals surface area contributed by atoms with Crippen LogP contribution < -0.4 is 0 Å². The van der Waals surface area contributed by atoms with E-state index in [0.717, 1.165) is 32.1 Å². The van der Waals surface area contributed by atoms with Gasteiger partial charge in [-0.1, -0.05) is 55.9 Å². The van der Waals surface area contributed by atoms with Crippen LogP contribution in [0.15, 0.2) is 24.3 Å². The van der Waals surface area contributed by atoms with Crippen molar-refractivity contribution < 1.29 is 5.11 Å². The molecule has 1 heteroatoms. The Bertz CT molecular complexity index is 344. The summed E-state index contributed by atoms with van der Waals surface area (Å²) in [6.45, 7) is 5.61. The molecule has 0 aromatic rings. The molecule has 0 saturated carbocycles. The smallest absolute Gasteiger partial charge is 0.0146 e. The number of unbranched alkanes of at least 4 members (excludes halogenated alkanes) is 2. The molecular weight excluding hydrogens is 220 g/mol. The largest absolute Gasteiger partial charge is 0.425 e. The number of rotatable bonds is 7. The second-order valence-corrected chi connectivity index (χ2v) is 4.35. The molecule has 2 atom stereocenters. The molecular formula is C17H23O-. The number of aliphatic hydroxyl groups is 1. The summed E-state index contributed by atoms with van der Waals surface area (Å²) in [6, 6.07) is 0. The van der Waals surface area contributed by atoms with Gasteiger partial charge in [0.15, 0.2) is 0 Å². The topological polar surface area (TPSA) is 20.2 Å². The summed E-state index contributed by atoms with van der Waals surface area (Å²) < 4.78 is 0. The highest BCUT2D eigenvalue weighted by molar-refractivity contribution is 5.19. The number of hydrogen-bond acceptors (Lipinski definition) is 1. The molecule has 0 aromatic heterocycles. The second kappa shape index (κ2) is 12.0. The van der Waals surface area contributed by atoms with Crippen molar-refractivity contribution in [3.8, 4) is 24.2 Å². The van der Waals surface area contributed by atoms with E-state index in [1.807, 2.05) is 18.2 Å². The summed E-state index contributed by atoms with van der Waals surface area (Å²) in [4.78, 5) is 0. The minimum absolute atomic E-state index is 0.418. The van der Waals surface area contributed by atoms with Gasteiger partial charge in [0.2, 0.25) is 0 Å².